The predicted molar refractivity (Wildman–Crippen MR) is 118 cm³/mol. The summed E-state index contributed by atoms with van der Waals surface area (Å²) in [5.74, 6) is 1.16. The van der Waals surface area contributed by atoms with Crippen molar-refractivity contribution < 1.29 is 22.6 Å². The van der Waals surface area contributed by atoms with Gasteiger partial charge in [0.2, 0.25) is 0 Å². The van der Waals surface area contributed by atoms with E-state index in [1.807, 2.05) is 59.2 Å². The molecule has 0 fully saturated rings. The van der Waals surface area contributed by atoms with Crippen LogP contribution in [0.25, 0.3) is 16.9 Å². The number of alkyl halides is 3. The van der Waals surface area contributed by atoms with Gasteiger partial charge in [-0.05, 0) is 54.1 Å². The third kappa shape index (κ3) is 5.26. The Morgan fingerprint density at radius 2 is 1.53 bits per heavy atom. The van der Waals surface area contributed by atoms with E-state index in [1.54, 1.807) is 37.2 Å². The monoisotopic (exact) mass is 456 g/mol. The van der Waals surface area contributed by atoms with Crippen LogP contribution in [0.15, 0.2) is 90.2 Å². The largest absolute Gasteiger partial charge is 0.573 e. The molecule has 0 radical (unpaired) electrons. The fraction of sp³-hybridized carbons (Fsp3) is 0.125. The Labute approximate surface area is 187 Å². The van der Waals surface area contributed by atoms with Crippen molar-refractivity contribution in [1.29, 1.82) is 0 Å². The highest BCUT2D eigenvalue weighted by atomic mass is 32.2. The average Bonchev–Trinajstić information content (AvgIpc) is 3.22. The van der Waals surface area contributed by atoms with Crippen LogP contribution in [0, 0.1) is 0 Å². The van der Waals surface area contributed by atoms with E-state index >= 15 is 0 Å². The summed E-state index contributed by atoms with van der Waals surface area (Å²) in [5.41, 5.74) is 3.54. The zero-order valence-corrected chi connectivity index (χ0v) is 17.9. The van der Waals surface area contributed by atoms with Gasteiger partial charge in [-0.1, -0.05) is 42.1 Å². The zero-order valence-electron chi connectivity index (χ0n) is 17.0. The molecular weight excluding hydrogens is 437 g/mol. The van der Waals surface area contributed by atoms with Crippen molar-refractivity contribution in [3.8, 4) is 28.4 Å². The highest BCUT2D eigenvalue weighted by Crippen LogP contribution is 2.33. The van der Waals surface area contributed by atoms with Crippen LogP contribution >= 0.6 is 11.8 Å². The average molecular weight is 456 g/mol. The second-order valence-electron chi connectivity index (χ2n) is 6.81. The van der Waals surface area contributed by atoms with E-state index in [2.05, 4.69) is 9.72 Å². The molecule has 4 aromatic rings. The molecular formula is C24H19F3N2O2S. The van der Waals surface area contributed by atoms with Gasteiger partial charge < -0.3 is 9.47 Å². The van der Waals surface area contributed by atoms with Crippen LogP contribution in [0.4, 0.5) is 13.2 Å². The molecule has 1 heterocycles. The zero-order chi connectivity index (χ0) is 22.6. The molecule has 0 atom stereocenters. The molecule has 32 heavy (non-hydrogen) atoms. The molecule has 0 aliphatic heterocycles. The lowest BCUT2D eigenvalue weighted by atomic mass is 10.1. The lowest BCUT2D eigenvalue weighted by Crippen LogP contribution is -2.17. The van der Waals surface area contributed by atoms with E-state index in [0.717, 1.165) is 27.7 Å². The third-order valence-corrected chi connectivity index (χ3v) is 5.68. The van der Waals surface area contributed by atoms with Gasteiger partial charge in [0.1, 0.15) is 11.5 Å². The van der Waals surface area contributed by atoms with Crippen LogP contribution in [0.2, 0.25) is 0 Å². The lowest BCUT2D eigenvalue weighted by Gasteiger charge is -2.14. The van der Waals surface area contributed by atoms with Gasteiger partial charge in [0.05, 0.1) is 19.0 Å². The maximum absolute atomic E-state index is 12.5. The van der Waals surface area contributed by atoms with Gasteiger partial charge in [-0.3, -0.25) is 4.57 Å². The van der Waals surface area contributed by atoms with Gasteiger partial charge in [0, 0.05) is 17.0 Å². The van der Waals surface area contributed by atoms with Gasteiger partial charge in [-0.25, -0.2) is 4.98 Å². The Kier molecular flexibility index (Phi) is 6.41. The number of hydrogen-bond donors (Lipinski definition) is 0. The fourth-order valence-corrected chi connectivity index (χ4v) is 4.12. The predicted octanol–water partition coefficient (Wildman–Crippen LogP) is 6.74. The van der Waals surface area contributed by atoms with Gasteiger partial charge in [0.15, 0.2) is 5.16 Å². The summed E-state index contributed by atoms with van der Waals surface area (Å²) in [6.07, 6.45) is -2.98. The minimum atomic E-state index is -4.73. The molecule has 3 aromatic carbocycles. The number of thioether (sulfide) groups is 1. The summed E-state index contributed by atoms with van der Waals surface area (Å²) < 4.78 is 48.8. The van der Waals surface area contributed by atoms with E-state index in [0.29, 0.717) is 11.4 Å². The Morgan fingerprint density at radius 3 is 2.16 bits per heavy atom. The standard InChI is InChI=1S/C24H19F3N2O2S/c1-30-20-11-7-18(8-12-20)22-15-28-23(32-16-17-5-3-2-4-6-17)29(22)19-9-13-21(14-10-19)31-24(25,26)27/h2-15H,16H2,1H3. The maximum Gasteiger partial charge on any atom is 0.573 e. The van der Waals surface area contributed by atoms with E-state index < -0.39 is 6.36 Å². The molecule has 0 saturated heterocycles. The molecule has 0 unspecified atom stereocenters. The van der Waals surface area contributed by atoms with E-state index in [9.17, 15) is 13.2 Å². The second-order valence-corrected chi connectivity index (χ2v) is 7.75. The first-order chi connectivity index (χ1) is 15.4. The van der Waals surface area contributed by atoms with Crippen molar-refractivity contribution >= 4 is 11.8 Å². The summed E-state index contributed by atoms with van der Waals surface area (Å²) in [4.78, 5) is 4.59. The minimum absolute atomic E-state index is 0.272. The molecule has 4 nitrogen and oxygen atoms in total. The summed E-state index contributed by atoms with van der Waals surface area (Å²) in [7, 11) is 1.60. The number of benzene rings is 3. The SMILES string of the molecule is COc1ccc(-c2cnc(SCc3ccccc3)n2-c2ccc(OC(F)(F)F)cc2)cc1. The van der Waals surface area contributed by atoms with Gasteiger partial charge in [-0.15, -0.1) is 13.2 Å². The topological polar surface area (TPSA) is 36.3 Å². The molecule has 0 aliphatic carbocycles. The van der Waals surface area contributed by atoms with Crippen molar-refractivity contribution in [1.82, 2.24) is 9.55 Å². The van der Waals surface area contributed by atoms with E-state index in [4.69, 9.17) is 4.74 Å². The maximum atomic E-state index is 12.5. The smallest absolute Gasteiger partial charge is 0.497 e. The molecule has 0 saturated carbocycles. The number of ether oxygens (including phenoxy) is 2. The highest BCUT2D eigenvalue weighted by molar-refractivity contribution is 7.98. The van der Waals surface area contributed by atoms with Crippen LogP contribution in [-0.4, -0.2) is 23.0 Å². The molecule has 0 bridgehead atoms. The minimum Gasteiger partial charge on any atom is -0.497 e. The van der Waals surface area contributed by atoms with Crippen molar-refractivity contribution in [2.45, 2.75) is 17.3 Å². The molecule has 4 rings (SSSR count). The number of rotatable bonds is 7. The van der Waals surface area contributed by atoms with Crippen molar-refractivity contribution in [3.63, 3.8) is 0 Å². The quantitative estimate of drug-likeness (QED) is 0.289. The first kappa shape index (κ1) is 21.8. The number of aromatic nitrogens is 2. The molecule has 1 aromatic heterocycles. The molecule has 8 heteroatoms. The summed E-state index contributed by atoms with van der Waals surface area (Å²) in [5, 5.41) is 0.726. The Hall–Kier alpha value is -3.39. The van der Waals surface area contributed by atoms with E-state index in [-0.39, 0.29) is 5.75 Å². The third-order valence-electron chi connectivity index (χ3n) is 4.65. The summed E-state index contributed by atoms with van der Waals surface area (Å²) in [6, 6.07) is 23.3. The first-order valence-corrected chi connectivity index (χ1v) is 10.7. The first-order valence-electron chi connectivity index (χ1n) is 9.68. The summed E-state index contributed by atoms with van der Waals surface area (Å²) >= 11 is 1.55. The van der Waals surface area contributed by atoms with Crippen molar-refractivity contribution in [2.75, 3.05) is 7.11 Å². The lowest BCUT2D eigenvalue weighted by molar-refractivity contribution is -0.274. The van der Waals surface area contributed by atoms with Crippen LogP contribution < -0.4 is 9.47 Å². The molecule has 0 aliphatic rings. The Morgan fingerprint density at radius 1 is 0.875 bits per heavy atom. The number of methoxy groups -OCH3 is 1. The number of halogens is 3. The van der Waals surface area contributed by atoms with Crippen molar-refractivity contribution in [2.24, 2.45) is 0 Å². The van der Waals surface area contributed by atoms with Crippen LogP contribution in [0.5, 0.6) is 11.5 Å². The van der Waals surface area contributed by atoms with Crippen LogP contribution in [0.1, 0.15) is 5.56 Å². The number of nitrogens with zero attached hydrogens (tertiary/aromatic N) is 2. The van der Waals surface area contributed by atoms with Crippen LogP contribution in [0.3, 0.4) is 0 Å². The number of hydrogen-bond acceptors (Lipinski definition) is 4. The highest BCUT2D eigenvalue weighted by Gasteiger charge is 2.31. The second kappa shape index (κ2) is 9.40. The number of imidazole rings is 1. The summed E-state index contributed by atoms with van der Waals surface area (Å²) in [6.45, 7) is 0. The molecule has 164 valence electrons. The van der Waals surface area contributed by atoms with Crippen LogP contribution in [-0.2, 0) is 5.75 Å². The van der Waals surface area contributed by atoms with E-state index in [1.165, 1.54) is 12.1 Å². The van der Waals surface area contributed by atoms with Gasteiger partial charge >= 0.3 is 6.36 Å². The fourth-order valence-electron chi connectivity index (χ4n) is 3.17. The van der Waals surface area contributed by atoms with Gasteiger partial charge in [-0.2, -0.15) is 0 Å². The Bertz CT molecular complexity index is 1160. The normalized spacial score (nSPS) is 11.4. The van der Waals surface area contributed by atoms with Gasteiger partial charge in [0.25, 0.3) is 0 Å². The molecule has 0 spiro atoms. The molecule has 0 amide bonds. The Balaban J connectivity index is 1.70. The van der Waals surface area contributed by atoms with Crippen molar-refractivity contribution in [3.05, 3.63) is 90.6 Å². The molecule has 0 N–H and O–H groups in total.